The third kappa shape index (κ3) is 3.40. The first kappa shape index (κ1) is 20.5. The number of aromatic amines is 1. The molecule has 160 valence electrons. The molecule has 0 saturated carbocycles. The van der Waals surface area contributed by atoms with Crippen LogP contribution in [0, 0.1) is 0 Å². The van der Waals surface area contributed by atoms with Crippen molar-refractivity contribution in [2.75, 3.05) is 11.4 Å². The molecule has 4 aromatic rings. The monoisotopic (exact) mass is 444 g/mol. The van der Waals surface area contributed by atoms with Gasteiger partial charge in [-0.25, -0.2) is 0 Å². The number of nitrogens with zero attached hydrogens (tertiary/aromatic N) is 1. The van der Waals surface area contributed by atoms with E-state index in [0.717, 1.165) is 16.5 Å². The number of H-pyrrole nitrogens is 1. The van der Waals surface area contributed by atoms with Crippen molar-refractivity contribution in [2.24, 2.45) is 0 Å². The Morgan fingerprint density at radius 2 is 1.78 bits per heavy atom. The van der Waals surface area contributed by atoms with Gasteiger partial charge in [0.25, 0.3) is 5.91 Å². The Morgan fingerprint density at radius 1 is 1.03 bits per heavy atom. The summed E-state index contributed by atoms with van der Waals surface area (Å²) in [5, 5.41) is 13.1. The number of rotatable bonds is 6. The number of nitrogens with one attached hydrogen (secondary N) is 1. The van der Waals surface area contributed by atoms with Gasteiger partial charge in [0.05, 0.1) is 12.1 Å². The summed E-state index contributed by atoms with van der Waals surface area (Å²) in [6.45, 7) is 0.372. The van der Waals surface area contributed by atoms with Crippen molar-refractivity contribution in [2.45, 2.75) is 18.4 Å². The number of fused-ring (bicyclic) bond motifs is 2. The summed E-state index contributed by atoms with van der Waals surface area (Å²) in [7, 11) is 0. The minimum atomic E-state index is -1.88. The molecular formula is C26H21ClN2O3. The van der Waals surface area contributed by atoms with Crippen molar-refractivity contribution in [3.8, 4) is 0 Å². The van der Waals surface area contributed by atoms with Crippen LogP contribution < -0.4 is 4.90 Å². The molecule has 6 heteroatoms. The van der Waals surface area contributed by atoms with Crippen LogP contribution in [-0.2, 0) is 16.8 Å². The second-order valence-electron chi connectivity index (χ2n) is 8.05. The van der Waals surface area contributed by atoms with Gasteiger partial charge in [-0.1, -0.05) is 60.1 Å². The summed E-state index contributed by atoms with van der Waals surface area (Å²) in [6, 6.07) is 21.5. The molecular weight excluding hydrogens is 424 g/mol. The molecule has 1 aliphatic rings. The van der Waals surface area contributed by atoms with Crippen LogP contribution in [-0.4, -0.2) is 28.3 Å². The van der Waals surface area contributed by atoms with Crippen LogP contribution in [0.4, 0.5) is 5.69 Å². The first-order chi connectivity index (χ1) is 15.5. The molecule has 0 aliphatic carbocycles. The molecule has 2 N–H and O–H groups in total. The lowest BCUT2D eigenvalue weighted by Crippen LogP contribution is -2.42. The number of halogens is 1. The molecule has 0 saturated heterocycles. The number of para-hydroxylation sites is 1. The first-order valence-corrected chi connectivity index (χ1v) is 10.8. The Morgan fingerprint density at radius 3 is 2.59 bits per heavy atom. The number of hydrogen-bond donors (Lipinski definition) is 2. The number of carbonyl (C=O) groups excluding carboxylic acids is 2. The molecule has 3 aromatic carbocycles. The maximum atomic E-state index is 13.4. The van der Waals surface area contributed by atoms with Crippen LogP contribution in [0.3, 0.4) is 0 Å². The van der Waals surface area contributed by atoms with Crippen molar-refractivity contribution in [1.82, 2.24) is 4.98 Å². The molecule has 5 nitrogen and oxygen atoms in total. The van der Waals surface area contributed by atoms with E-state index in [1.165, 1.54) is 0 Å². The molecule has 0 fully saturated rings. The topological polar surface area (TPSA) is 73.4 Å². The first-order valence-electron chi connectivity index (χ1n) is 10.4. The normalized spacial score (nSPS) is 17.7. The van der Waals surface area contributed by atoms with Crippen LogP contribution in [0.2, 0.25) is 5.02 Å². The molecule has 1 amide bonds. The number of carbonyl (C=O) groups is 2. The standard InChI is InChI=1S/C26H21ClN2O3/c27-19-10-11-22-20(14-19)18(16-28-22)12-13-29-23-9-5-4-8-21(23)26(32,25(29)31)15-24(30)17-6-2-1-3-7-17/h1-11,14,16,28,32H,12-13,15H2/t26-/m1/s1. The average Bonchev–Trinajstić information content (AvgIpc) is 3.30. The minimum Gasteiger partial charge on any atom is -0.375 e. The molecule has 0 spiro atoms. The highest BCUT2D eigenvalue weighted by molar-refractivity contribution is 6.31. The molecule has 0 unspecified atom stereocenters. The van der Waals surface area contributed by atoms with Crippen LogP contribution in [0.1, 0.15) is 27.9 Å². The van der Waals surface area contributed by atoms with E-state index < -0.39 is 11.5 Å². The van der Waals surface area contributed by atoms with E-state index in [0.29, 0.717) is 34.8 Å². The number of amides is 1. The van der Waals surface area contributed by atoms with E-state index in [1.54, 1.807) is 41.3 Å². The van der Waals surface area contributed by atoms with Crippen LogP contribution in [0.25, 0.3) is 10.9 Å². The largest absolute Gasteiger partial charge is 0.375 e. The fourth-order valence-electron chi connectivity index (χ4n) is 4.45. The number of benzene rings is 3. The van der Waals surface area contributed by atoms with Crippen LogP contribution in [0.15, 0.2) is 79.0 Å². The summed E-state index contributed by atoms with van der Waals surface area (Å²) in [4.78, 5) is 31.1. The lowest BCUT2D eigenvalue weighted by Gasteiger charge is -2.22. The van der Waals surface area contributed by atoms with Gasteiger partial charge in [0.1, 0.15) is 0 Å². The number of aliphatic hydroxyl groups is 1. The lowest BCUT2D eigenvalue weighted by atomic mass is 9.88. The van der Waals surface area contributed by atoms with Gasteiger partial charge in [-0.2, -0.15) is 0 Å². The maximum Gasteiger partial charge on any atom is 0.264 e. The molecule has 1 aliphatic heterocycles. The van der Waals surface area contributed by atoms with E-state index in [4.69, 9.17) is 11.6 Å². The Labute approximate surface area is 190 Å². The zero-order chi connectivity index (χ0) is 22.3. The average molecular weight is 445 g/mol. The summed E-state index contributed by atoms with van der Waals surface area (Å²) < 4.78 is 0. The van der Waals surface area contributed by atoms with Crippen molar-refractivity contribution in [3.05, 3.63) is 101 Å². The second kappa shape index (κ2) is 7.93. The van der Waals surface area contributed by atoms with Crippen molar-refractivity contribution >= 4 is 39.9 Å². The Kier molecular flexibility index (Phi) is 5.08. The SMILES string of the molecule is O=C(C[C@]1(O)C(=O)N(CCc2c[nH]c3ccc(Cl)cc23)c2ccccc21)c1ccccc1. The highest BCUT2D eigenvalue weighted by atomic mass is 35.5. The molecule has 0 radical (unpaired) electrons. The summed E-state index contributed by atoms with van der Waals surface area (Å²) in [6.07, 6.45) is 2.19. The summed E-state index contributed by atoms with van der Waals surface area (Å²) >= 11 is 6.16. The fourth-order valence-corrected chi connectivity index (χ4v) is 4.62. The van der Waals surface area contributed by atoms with Crippen LogP contribution in [0.5, 0.6) is 0 Å². The zero-order valence-corrected chi connectivity index (χ0v) is 18.0. The Balaban J connectivity index is 1.43. The summed E-state index contributed by atoms with van der Waals surface area (Å²) in [5.41, 5.74) is 1.70. The maximum absolute atomic E-state index is 13.4. The van der Waals surface area contributed by atoms with Gasteiger partial charge in [-0.15, -0.1) is 0 Å². The number of anilines is 1. The van der Waals surface area contributed by atoms with Gasteiger partial charge in [-0.05, 0) is 36.2 Å². The third-order valence-corrected chi connectivity index (χ3v) is 6.32. The number of hydrogen-bond acceptors (Lipinski definition) is 3. The molecule has 1 atom stereocenters. The van der Waals surface area contributed by atoms with Gasteiger partial charge in [0.2, 0.25) is 0 Å². The number of ketones is 1. The van der Waals surface area contributed by atoms with E-state index in [1.807, 2.05) is 42.6 Å². The minimum absolute atomic E-state index is 0.274. The predicted molar refractivity (Wildman–Crippen MR) is 125 cm³/mol. The molecule has 32 heavy (non-hydrogen) atoms. The van der Waals surface area contributed by atoms with E-state index in [9.17, 15) is 14.7 Å². The predicted octanol–water partition coefficient (Wildman–Crippen LogP) is 4.87. The van der Waals surface area contributed by atoms with Crippen molar-refractivity contribution in [3.63, 3.8) is 0 Å². The highest BCUT2D eigenvalue weighted by Crippen LogP contribution is 2.43. The zero-order valence-electron chi connectivity index (χ0n) is 17.2. The quantitative estimate of drug-likeness (QED) is 0.416. The highest BCUT2D eigenvalue weighted by Gasteiger charge is 2.50. The molecule has 0 bridgehead atoms. The smallest absolute Gasteiger partial charge is 0.264 e. The molecule has 2 heterocycles. The Hall–Kier alpha value is -3.41. The third-order valence-electron chi connectivity index (χ3n) is 6.09. The molecule has 1 aromatic heterocycles. The van der Waals surface area contributed by atoms with Gasteiger partial charge >= 0.3 is 0 Å². The molecule has 5 rings (SSSR count). The van der Waals surface area contributed by atoms with Gasteiger partial charge in [-0.3, -0.25) is 9.59 Å². The van der Waals surface area contributed by atoms with E-state index in [2.05, 4.69) is 4.98 Å². The summed E-state index contributed by atoms with van der Waals surface area (Å²) in [5.74, 6) is -0.745. The fraction of sp³-hybridized carbons (Fsp3) is 0.154. The van der Waals surface area contributed by atoms with E-state index >= 15 is 0 Å². The second-order valence-corrected chi connectivity index (χ2v) is 8.49. The number of Topliss-reactive ketones (excluding diaryl/α,β-unsaturated/α-hetero) is 1. The van der Waals surface area contributed by atoms with Crippen molar-refractivity contribution < 1.29 is 14.7 Å². The lowest BCUT2D eigenvalue weighted by molar-refractivity contribution is -0.135. The van der Waals surface area contributed by atoms with E-state index in [-0.39, 0.29) is 12.2 Å². The van der Waals surface area contributed by atoms with Crippen molar-refractivity contribution in [1.29, 1.82) is 0 Å². The number of aromatic nitrogens is 1. The van der Waals surface area contributed by atoms with Crippen LogP contribution >= 0.6 is 11.6 Å². The van der Waals surface area contributed by atoms with Gasteiger partial charge < -0.3 is 15.0 Å². The van der Waals surface area contributed by atoms with Gasteiger partial charge in [0, 0.05) is 39.8 Å². The van der Waals surface area contributed by atoms with Gasteiger partial charge in [0.15, 0.2) is 11.4 Å². The Bertz CT molecular complexity index is 1330.